The molecule has 2 aromatic carbocycles. The Morgan fingerprint density at radius 3 is 2.70 bits per heavy atom. The van der Waals surface area contributed by atoms with Crippen LogP contribution in [0.15, 0.2) is 42.5 Å². The number of benzene rings is 2. The predicted molar refractivity (Wildman–Crippen MR) is 99.4 cm³/mol. The number of carbonyl (C=O) groups excluding carboxylic acids is 1. The zero-order valence-electron chi connectivity index (χ0n) is 13.8. The molecule has 0 spiro atoms. The summed E-state index contributed by atoms with van der Waals surface area (Å²) in [6.07, 6.45) is 0. The van der Waals surface area contributed by atoms with Gasteiger partial charge in [0.2, 0.25) is 0 Å². The van der Waals surface area contributed by atoms with Crippen LogP contribution in [-0.2, 0) is 5.75 Å². The Morgan fingerprint density at radius 1 is 1.09 bits per heavy atom. The van der Waals surface area contributed by atoms with E-state index in [1.54, 1.807) is 11.8 Å². The number of hydrogen-bond donors (Lipinski definition) is 1. The Kier molecular flexibility index (Phi) is 4.58. The number of nitrogens with one attached hydrogen (secondary N) is 1. The highest BCUT2D eigenvalue weighted by molar-refractivity contribution is 7.99. The molecule has 0 aliphatic heterocycles. The van der Waals surface area contributed by atoms with Gasteiger partial charge in [0.05, 0.1) is 5.75 Å². The molecule has 3 rings (SSSR count). The van der Waals surface area contributed by atoms with Crippen LogP contribution in [0.1, 0.15) is 32.7 Å². The number of thioether (sulfide) groups is 1. The van der Waals surface area contributed by atoms with Crippen LogP contribution in [0, 0.1) is 20.8 Å². The summed E-state index contributed by atoms with van der Waals surface area (Å²) >= 11 is 1.69. The maximum absolute atomic E-state index is 12.6. The fourth-order valence-electron chi connectivity index (χ4n) is 2.92. The van der Waals surface area contributed by atoms with Crippen molar-refractivity contribution in [3.05, 3.63) is 70.4 Å². The minimum atomic E-state index is 0.204. The quantitative estimate of drug-likeness (QED) is 0.654. The van der Waals surface area contributed by atoms with Crippen molar-refractivity contribution in [3.63, 3.8) is 0 Å². The Balaban J connectivity index is 1.72. The maximum Gasteiger partial charge on any atom is 0.175 e. The molecule has 0 aliphatic carbocycles. The number of rotatable bonds is 5. The van der Waals surface area contributed by atoms with Crippen LogP contribution < -0.4 is 0 Å². The van der Waals surface area contributed by atoms with Gasteiger partial charge < -0.3 is 4.98 Å². The molecule has 0 unspecified atom stereocenters. The Bertz CT molecular complexity index is 863. The van der Waals surface area contributed by atoms with Gasteiger partial charge in [-0.15, -0.1) is 11.8 Å². The van der Waals surface area contributed by atoms with Crippen molar-refractivity contribution in [2.75, 3.05) is 5.75 Å². The van der Waals surface area contributed by atoms with Gasteiger partial charge in [-0.1, -0.05) is 42.0 Å². The van der Waals surface area contributed by atoms with Crippen molar-refractivity contribution < 1.29 is 4.79 Å². The predicted octanol–water partition coefficient (Wildman–Crippen LogP) is 5.21. The van der Waals surface area contributed by atoms with Crippen LogP contribution >= 0.6 is 11.8 Å². The van der Waals surface area contributed by atoms with Crippen LogP contribution in [0.4, 0.5) is 0 Å². The van der Waals surface area contributed by atoms with Crippen molar-refractivity contribution in [3.8, 4) is 0 Å². The van der Waals surface area contributed by atoms with Gasteiger partial charge in [-0.2, -0.15) is 0 Å². The van der Waals surface area contributed by atoms with E-state index in [0.29, 0.717) is 5.75 Å². The summed E-state index contributed by atoms with van der Waals surface area (Å²) in [5, 5.41) is 1.03. The second-order valence-corrected chi connectivity index (χ2v) is 7.00. The first-order valence-electron chi connectivity index (χ1n) is 7.80. The number of fused-ring (bicyclic) bond motifs is 1. The molecule has 0 saturated heterocycles. The van der Waals surface area contributed by atoms with Crippen LogP contribution in [0.2, 0.25) is 0 Å². The van der Waals surface area contributed by atoms with Crippen LogP contribution in [-0.4, -0.2) is 16.5 Å². The minimum Gasteiger partial charge on any atom is -0.358 e. The lowest BCUT2D eigenvalue weighted by Crippen LogP contribution is -2.04. The Hall–Kier alpha value is -2.00. The maximum atomic E-state index is 12.6. The largest absolute Gasteiger partial charge is 0.358 e. The lowest BCUT2D eigenvalue weighted by molar-refractivity contribution is 0.102. The molecule has 2 nitrogen and oxygen atoms in total. The van der Waals surface area contributed by atoms with Crippen LogP contribution in [0.3, 0.4) is 0 Å². The summed E-state index contributed by atoms with van der Waals surface area (Å²) in [5.74, 6) is 1.59. The highest BCUT2D eigenvalue weighted by Crippen LogP contribution is 2.25. The highest BCUT2D eigenvalue weighted by Gasteiger charge is 2.15. The molecule has 0 radical (unpaired) electrons. The van der Waals surface area contributed by atoms with Gasteiger partial charge in [-0.05, 0) is 38.0 Å². The van der Waals surface area contributed by atoms with Gasteiger partial charge in [-0.25, -0.2) is 0 Å². The third-order valence-corrected chi connectivity index (χ3v) is 5.15. The summed E-state index contributed by atoms with van der Waals surface area (Å²) in [6, 6.07) is 14.5. The van der Waals surface area contributed by atoms with Crippen molar-refractivity contribution in [2.45, 2.75) is 26.5 Å². The first kappa shape index (κ1) is 15.9. The summed E-state index contributed by atoms with van der Waals surface area (Å²) < 4.78 is 0. The van der Waals surface area contributed by atoms with Gasteiger partial charge in [0.15, 0.2) is 5.78 Å². The van der Waals surface area contributed by atoms with E-state index in [9.17, 15) is 4.79 Å². The van der Waals surface area contributed by atoms with Gasteiger partial charge in [-0.3, -0.25) is 4.79 Å². The number of H-pyrrole nitrogens is 1. The Labute approximate surface area is 141 Å². The third kappa shape index (κ3) is 3.35. The smallest absolute Gasteiger partial charge is 0.175 e. The normalized spacial score (nSPS) is 11.1. The van der Waals surface area contributed by atoms with E-state index >= 15 is 0 Å². The molecule has 0 atom stereocenters. The first-order chi connectivity index (χ1) is 11.1. The molecule has 0 saturated carbocycles. The minimum absolute atomic E-state index is 0.204. The number of aromatic nitrogens is 1. The molecule has 118 valence electrons. The lowest BCUT2D eigenvalue weighted by atomic mass is 10.1. The van der Waals surface area contributed by atoms with Crippen molar-refractivity contribution in [1.82, 2.24) is 4.98 Å². The second-order valence-electron chi connectivity index (χ2n) is 6.02. The lowest BCUT2D eigenvalue weighted by Gasteiger charge is -2.07. The van der Waals surface area contributed by atoms with E-state index in [0.717, 1.165) is 27.9 Å². The molecule has 0 amide bonds. The van der Waals surface area contributed by atoms with Gasteiger partial charge >= 0.3 is 0 Å². The van der Waals surface area contributed by atoms with Crippen molar-refractivity contribution >= 4 is 28.4 Å². The monoisotopic (exact) mass is 323 g/mol. The summed E-state index contributed by atoms with van der Waals surface area (Å²) in [5.41, 5.74) is 6.72. The van der Waals surface area contributed by atoms with E-state index in [4.69, 9.17) is 0 Å². The van der Waals surface area contributed by atoms with E-state index < -0.39 is 0 Å². The van der Waals surface area contributed by atoms with E-state index in [-0.39, 0.29) is 5.78 Å². The zero-order valence-corrected chi connectivity index (χ0v) is 14.6. The highest BCUT2D eigenvalue weighted by atomic mass is 32.2. The second kappa shape index (κ2) is 6.63. The average Bonchev–Trinajstić information content (AvgIpc) is 2.86. The van der Waals surface area contributed by atoms with Crippen molar-refractivity contribution in [1.29, 1.82) is 0 Å². The molecule has 0 bridgehead atoms. The number of para-hydroxylation sites is 1. The number of Topliss-reactive ketones (excluding diaryl/α,β-unsaturated/α-hetero) is 1. The standard InChI is InChI=1S/C20H21NOS/c1-13-8-9-14(2)16(10-13)11-23-12-19(22)20-15(3)21-18-7-5-4-6-17(18)20/h4-10,21H,11-12H2,1-3H3. The molecule has 1 aromatic heterocycles. The molecular weight excluding hydrogens is 302 g/mol. The molecule has 23 heavy (non-hydrogen) atoms. The molecule has 3 heteroatoms. The van der Waals surface area contributed by atoms with Gasteiger partial charge in [0, 0.05) is 27.9 Å². The molecule has 3 aromatic rings. The fourth-order valence-corrected chi connectivity index (χ4v) is 3.88. The molecule has 1 N–H and O–H groups in total. The van der Waals surface area contributed by atoms with Gasteiger partial charge in [0.1, 0.15) is 0 Å². The number of hydrogen-bond acceptors (Lipinski definition) is 2. The van der Waals surface area contributed by atoms with Crippen LogP contribution in [0.5, 0.6) is 0 Å². The first-order valence-corrected chi connectivity index (χ1v) is 8.96. The summed E-state index contributed by atoms with van der Waals surface area (Å²) in [4.78, 5) is 15.9. The summed E-state index contributed by atoms with van der Waals surface area (Å²) in [6.45, 7) is 6.21. The van der Waals surface area contributed by atoms with Crippen molar-refractivity contribution in [2.24, 2.45) is 0 Å². The summed E-state index contributed by atoms with van der Waals surface area (Å²) in [7, 11) is 0. The molecular formula is C20H21NOS. The number of aryl methyl sites for hydroxylation is 3. The molecule has 0 aliphatic rings. The van der Waals surface area contributed by atoms with E-state index in [1.165, 1.54) is 16.7 Å². The number of aromatic amines is 1. The Morgan fingerprint density at radius 2 is 1.87 bits per heavy atom. The van der Waals surface area contributed by atoms with E-state index in [2.05, 4.69) is 37.0 Å². The van der Waals surface area contributed by atoms with Gasteiger partial charge in [0.25, 0.3) is 0 Å². The van der Waals surface area contributed by atoms with Crippen LogP contribution in [0.25, 0.3) is 10.9 Å². The average molecular weight is 323 g/mol. The molecule has 0 fully saturated rings. The SMILES string of the molecule is Cc1ccc(C)c(CSCC(=O)c2c(C)[nH]c3ccccc23)c1. The number of carbonyl (C=O) groups is 1. The fraction of sp³-hybridized carbons (Fsp3) is 0.250. The third-order valence-electron chi connectivity index (χ3n) is 4.17. The topological polar surface area (TPSA) is 32.9 Å². The van der Waals surface area contributed by atoms with E-state index in [1.807, 2.05) is 31.2 Å². The molecule has 1 heterocycles. The zero-order chi connectivity index (χ0) is 16.4. The number of ketones is 1.